The second kappa shape index (κ2) is 10.8. The van der Waals surface area contributed by atoms with E-state index in [2.05, 4.69) is 152 Å². The number of furan rings is 1. The molecule has 0 bridgehead atoms. The lowest BCUT2D eigenvalue weighted by atomic mass is 9.92. The summed E-state index contributed by atoms with van der Waals surface area (Å²) in [5.41, 5.74) is 14.1. The Kier molecular flexibility index (Phi) is 5.96. The van der Waals surface area contributed by atoms with Crippen LogP contribution in [0.25, 0.3) is 111 Å². The normalized spacial score (nSPS) is 11.9. The van der Waals surface area contributed by atoms with Crippen LogP contribution in [-0.4, -0.2) is 9.97 Å². The van der Waals surface area contributed by atoms with E-state index in [9.17, 15) is 0 Å². The van der Waals surface area contributed by atoms with Gasteiger partial charge in [-0.2, -0.15) is 0 Å². The average molecular weight is 649 g/mol. The number of rotatable bonds is 4. The molecule has 3 nitrogen and oxygen atoms in total. The number of aromatic nitrogens is 2. The molecule has 0 fully saturated rings. The Morgan fingerprint density at radius 1 is 0.314 bits per heavy atom. The highest BCUT2D eigenvalue weighted by atomic mass is 16.3. The lowest BCUT2D eigenvalue weighted by molar-refractivity contribution is 0.669. The quantitative estimate of drug-likeness (QED) is 0.191. The third-order valence-electron chi connectivity index (χ3n) is 10.4. The molecule has 8 aromatic carbocycles. The molecule has 0 N–H and O–H groups in total. The standard InChI is InChI=1S/C48H28N2O/c1-3-12-29(13-4-1)42-28-43(30-14-5-2-6-15-30)50-48(49-42)37-25-24-32(33-16-7-8-17-34(33)37)31-22-23-35-36-19-11-20-39-46(36)41(40(35)26-31)27-45-47(39)38-18-9-10-21-44(38)51-45/h1-28H. The summed E-state index contributed by atoms with van der Waals surface area (Å²) in [6, 6.07) is 60.0. The summed E-state index contributed by atoms with van der Waals surface area (Å²) in [5.74, 6) is 0.712. The highest BCUT2D eigenvalue weighted by molar-refractivity contribution is 6.28. The van der Waals surface area contributed by atoms with Gasteiger partial charge in [-0.05, 0) is 85.3 Å². The molecule has 0 saturated carbocycles. The topological polar surface area (TPSA) is 38.9 Å². The molecule has 0 saturated heterocycles. The van der Waals surface area contributed by atoms with Crippen molar-refractivity contribution in [3.63, 3.8) is 0 Å². The van der Waals surface area contributed by atoms with Gasteiger partial charge in [0.15, 0.2) is 5.82 Å². The van der Waals surface area contributed by atoms with Crippen molar-refractivity contribution in [1.29, 1.82) is 0 Å². The molecule has 1 aliphatic rings. The van der Waals surface area contributed by atoms with E-state index in [1.807, 2.05) is 18.2 Å². The van der Waals surface area contributed by atoms with E-state index in [0.29, 0.717) is 5.82 Å². The minimum atomic E-state index is 0.712. The van der Waals surface area contributed by atoms with Crippen LogP contribution in [0.2, 0.25) is 0 Å². The van der Waals surface area contributed by atoms with Gasteiger partial charge in [-0.3, -0.25) is 0 Å². The predicted molar refractivity (Wildman–Crippen MR) is 210 cm³/mol. The average Bonchev–Trinajstić information content (AvgIpc) is 3.74. The Morgan fingerprint density at radius 3 is 1.67 bits per heavy atom. The Bertz CT molecular complexity index is 2960. The first-order valence-electron chi connectivity index (χ1n) is 17.3. The van der Waals surface area contributed by atoms with Crippen molar-refractivity contribution in [2.75, 3.05) is 0 Å². The van der Waals surface area contributed by atoms with Crippen LogP contribution in [0.3, 0.4) is 0 Å². The maximum Gasteiger partial charge on any atom is 0.161 e. The SMILES string of the molecule is c1ccc(-c2cc(-c3ccccc3)nc(-c3ccc(-c4ccc5c(c4)-c4cc6oc7ccccc7c6c6cccc-5c46)c4ccccc34)n2)cc1. The zero-order chi connectivity index (χ0) is 33.5. The summed E-state index contributed by atoms with van der Waals surface area (Å²) >= 11 is 0. The Balaban J connectivity index is 1.09. The minimum Gasteiger partial charge on any atom is -0.456 e. The smallest absolute Gasteiger partial charge is 0.161 e. The third kappa shape index (κ3) is 4.25. The van der Waals surface area contributed by atoms with Crippen molar-refractivity contribution in [3.05, 3.63) is 170 Å². The van der Waals surface area contributed by atoms with Gasteiger partial charge in [-0.25, -0.2) is 9.97 Å². The fraction of sp³-hybridized carbons (Fsp3) is 0. The van der Waals surface area contributed by atoms with E-state index >= 15 is 0 Å². The van der Waals surface area contributed by atoms with Crippen molar-refractivity contribution in [1.82, 2.24) is 9.97 Å². The predicted octanol–water partition coefficient (Wildman–Crippen LogP) is 13.0. The molecule has 10 aromatic rings. The number of nitrogens with zero attached hydrogens (tertiary/aromatic N) is 2. The number of hydrogen-bond donors (Lipinski definition) is 0. The Labute approximate surface area is 294 Å². The van der Waals surface area contributed by atoms with Gasteiger partial charge in [-0.1, -0.05) is 140 Å². The van der Waals surface area contributed by atoms with Gasteiger partial charge in [0, 0.05) is 27.5 Å². The zero-order valence-electron chi connectivity index (χ0n) is 27.5. The maximum absolute atomic E-state index is 6.43. The maximum atomic E-state index is 6.43. The molecule has 0 amide bonds. The number of benzene rings is 8. The van der Waals surface area contributed by atoms with Crippen LogP contribution in [-0.2, 0) is 0 Å². The first-order chi connectivity index (χ1) is 25.3. The van der Waals surface area contributed by atoms with Gasteiger partial charge in [0.1, 0.15) is 11.2 Å². The Morgan fingerprint density at radius 2 is 0.922 bits per heavy atom. The number of fused-ring (bicyclic) bond motifs is 8. The largest absolute Gasteiger partial charge is 0.456 e. The molecule has 0 radical (unpaired) electrons. The lowest BCUT2D eigenvalue weighted by Gasteiger charge is -2.14. The second-order valence-corrected chi connectivity index (χ2v) is 13.3. The summed E-state index contributed by atoms with van der Waals surface area (Å²) in [5, 5.41) is 7.18. The monoisotopic (exact) mass is 648 g/mol. The van der Waals surface area contributed by atoms with E-state index < -0.39 is 0 Å². The van der Waals surface area contributed by atoms with Crippen molar-refractivity contribution in [2.45, 2.75) is 0 Å². The molecule has 236 valence electrons. The Hall–Kier alpha value is -6.84. The van der Waals surface area contributed by atoms with Gasteiger partial charge in [0.05, 0.1) is 11.4 Å². The molecule has 0 unspecified atom stereocenters. The van der Waals surface area contributed by atoms with Crippen LogP contribution in [0.5, 0.6) is 0 Å². The molecule has 0 spiro atoms. The van der Waals surface area contributed by atoms with Gasteiger partial charge in [0.2, 0.25) is 0 Å². The molecular weight excluding hydrogens is 621 g/mol. The molecule has 51 heavy (non-hydrogen) atoms. The molecule has 2 aromatic heterocycles. The molecule has 1 aliphatic carbocycles. The third-order valence-corrected chi connectivity index (χ3v) is 10.4. The van der Waals surface area contributed by atoms with Crippen molar-refractivity contribution in [3.8, 4) is 67.3 Å². The van der Waals surface area contributed by atoms with Crippen LogP contribution < -0.4 is 0 Å². The van der Waals surface area contributed by atoms with Gasteiger partial charge < -0.3 is 4.42 Å². The van der Waals surface area contributed by atoms with Crippen molar-refractivity contribution in [2.24, 2.45) is 0 Å². The van der Waals surface area contributed by atoms with Crippen molar-refractivity contribution < 1.29 is 4.42 Å². The number of para-hydroxylation sites is 1. The lowest BCUT2D eigenvalue weighted by Crippen LogP contribution is -1.97. The van der Waals surface area contributed by atoms with Gasteiger partial charge >= 0.3 is 0 Å². The molecular formula is C48H28N2O. The van der Waals surface area contributed by atoms with Gasteiger partial charge in [-0.15, -0.1) is 0 Å². The van der Waals surface area contributed by atoms with Crippen LogP contribution in [0.1, 0.15) is 0 Å². The van der Waals surface area contributed by atoms with Crippen LogP contribution in [0.15, 0.2) is 174 Å². The fourth-order valence-corrected chi connectivity index (χ4v) is 8.13. The summed E-state index contributed by atoms with van der Waals surface area (Å²) in [4.78, 5) is 10.3. The van der Waals surface area contributed by atoms with E-state index in [1.54, 1.807) is 0 Å². The number of hydrogen-bond acceptors (Lipinski definition) is 3. The highest BCUT2D eigenvalue weighted by Gasteiger charge is 2.25. The van der Waals surface area contributed by atoms with E-state index in [1.165, 1.54) is 54.9 Å². The summed E-state index contributed by atoms with van der Waals surface area (Å²) in [7, 11) is 0. The molecule has 0 atom stereocenters. The van der Waals surface area contributed by atoms with Gasteiger partial charge in [0.25, 0.3) is 0 Å². The summed E-state index contributed by atoms with van der Waals surface area (Å²) < 4.78 is 6.43. The molecule has 3 heteroatoms. The molecule has 11 rings (SSSR count). The van der Waals surface area contributed by atoms with E-state index in [0.717, 1.165) is 50.0 Å². The molecule has 0 aliphatic heterocycles. The minimum absolute atomic E-state index is 0.712. The molecule has 2 heterocycles. The van der Waals surface area contributed by atoms with Crippen molar-refractivity contribution >= 4 is 43.5 Å². The van der Waals surface area contributed by atoms with Crippen LogP contribution in [0.4, 0.5) is 0 Å². The zero-order valence-corrected chi connectivity index (χ0v) is 27.5. The van der Waals surface area contributed by atoms with Crippen LogP contribution in [0, 0.1) is 0 Å². The highest BCUT2D eigenvalue weighted by Crippen LogP contribution is 2.52. The van der Waals surface area contributed by atoms with E-state index in [4.69, 9.17) is 14.4 Å². The first kappa shape index (κ1) is 28.0. The van der Waals surface area contributed by atoms with Crippen LogP contribution >= 0.6 is 0 Å². The van der Waals surface area contributed by atoms with E-state index in [-0.39, 0.29) is 0 Å². The summed E-state index contributed by atoms with van der Waals surface area (Å²) in [6.45, 7) is 0. The first-order valence-corrected chi connectivity index (χ1v) is 17.3. The summed E-state index contributed by atoms with van der Waals surface area (Å²) in [6.07, 6.45) is 0. The fourth-order valence-electron chi connectivity index (χ4n) is 8.13. The second-order valence-electron chi connectivity index (χ2n) is 13.3.